The molecule has 1 N–H and O–H groups in total. The van der Waals surface area contributed by atoms with E-state index in [2.05, 4.69) is 25.8 Å². The summed E-state index contributed by atoms with van der Waals surface area (Å²) in [5, 5.41) is 0. The van der Waals surface area contributed by atoms with Crippen molar-refractivity contribution in [2.75, 3.05) is 13.1 Å². The van der Waals surface area contributed by atoms with Crippen LogP contribution in [-0.2, 0) is 25.0 Å². The quantitative estimate of drug-likeness (QED) is 0.492. The minimum absolute atomic E-state index is 0.0660. The van der Waals surface area contributed by atoms with E-state index in [0.717, 1.165) is 11.3 Å². The number of oxazole rings is 1. The molecule has 190 valence electrons. The van der Waals surface area contributed by atoms with Crippen LogP contribution in [0.3, 0.4) is 0 Å². The van der Waals surface area contributed by atoms with Gasteiger partial charge in [0.05, 0.1) is 24.2 Å². The molecule has 10 heteroatoms. The standard InChI is InChI=1S/C26H29N3O6S/c1-26(2,3)21-6-4-5-7-22(21)35-19-15-29(16-19)25(31)13-12-24(30)28-36(32,33)20-10-8-18(9-11-20)23-14-27-17-34-23/h4-11,14,17,19H,12-13,15-16H2,1-3H3,(H,28,30). The number of nitrogens with one attached hydrogen (secondary N) is 1. The smallest absolute Gasteiger partial charge is 0.264 e. The number of ether oxygens (including phenoxy) is 1. The van der Waals surface area contributed by atoms with Crippen molar-refractivity contribution in [3.63, 3.8) is 0 Å². The van der Waals surface area contributed by atoms with Gasteiger partial charge >= 0.3 is 0 Å². The zero-order valence-electron chi connectivity index (χ0n) is 20.4. The van der Waals surface area contributed by atoms with Gasteiger partial charge in [-0.1, -0.05) is 39.0 Å². The number of aromatic nitrogens is 1. The Hall–Kier alpha value is -3.66. The summed E-state index contributed by atoms with van der Waals surface area (Å²) in [6, 6.07) is 13.7. The maximum Gasteiger partial charge on any atom is 0.264 e. The Morgan fingerprint density at radius 1 is 1.08 bits per heavy atom. The van der Waals surface area contributed by atoms with E-state index in [4.69, 9.17) is 9.15 Å². The Labute approximate surface area is 210 Å². The van der Waals surface area contributed by atoms with Crippen molar-refractivity contribution >= 4 is 21.8 Å². The second-order valence-corrected chi connectivity index (χ2v) is 11.4. The molecule has 0 aliphatic carbocycles. The summed E-state index contributed by atoms with van der Waals surface area (Å²) in [5.41, 5.74) is 1.69. The second-order valence-electron chi connectivity index (χ2n) is 9.70. The molecule has 4 rings (SSSR count). The molecule has 1 saturated heterocycles. The van der Waals surface area contributed by atoms with Gasteiger partial charge in [0, 0.05) is 18.4 Å². The number of carbonyl (C=O) groups is 2. The van der Waals surface area contributed by atoms with Gasteiger partial charge in [-0.15, -0.1) is 0 Å². The first-order chi connectivity index (χ1) is 17.0. The minimum Gasteiger partial charge on any atom is -0.486 e. The van der Waals surface area contributed by atoms with Crippen LogP contribution in [0, 0.1) is 0 Å². The number of nitrogens with zero attached hydrogens (tertiary/aromatic N) is 2. The summed E-state index contributed by atoms with van der Waals surface area (Å²) in [5.74, 6) is 0.345. The molecule has 0 saturated carbocycles. The lowest BCUT2D eigenvalue weighted by atomic mass is 9.86. The van der Waals surface area contributed by atoms with Gasteiger partial charge in [-0.25, -0.2) is 18.1 Å². The third-order valence-corrected chi connectivity index (χ3v) is 7.27. The highest BCUT2D eigenvalue weighted by molar-refractivity contribution is 7.90. The number of benzene rings is 2. The van der Waals surface area contributed by atoms with Crippen LogP contribution in [0.1, 0.15) is 39.2 Å². The maximum atomic E-state index is 12.5. The van der Waals surface area contributed by atoms with Gasteiger partial charge in [0.25, 0.3) is 10.0 Å². The lowest BCUT2D eigenvalue weighted by Crippen LogP contribution is -2.56. The molecular weight excluding hydrogens is 482 g/mol. The molecule has 0 bridgehead atoms. The van der Waals surface area contributed by atoms with Crippen molar-refractivity contribution in [1.29, 1.82) is 0 Å². The molecule has 0 atom stereocenters. The Balaban J connectivity index is 1.24. The fourth-order valence-corrected chi connectivity index (χ4v) is 4.89. The minimum atomic E-state index is -4.06. The predicted molar refractivity (Wildman–Crippen MR) is 133 cm³/mol. The van der Waals surface area contributed by atoms with Crippen molar-refractivity contribution in [2.45, 2.75) is 50.0 Å². The number of rotatable bonds is 8. The summed E-state index contributed by atoms with van der Waals surface area (Å²) in [4.78, 5) is 30.1. The summed E-state index contributed by atoms with van der Waals surface area (Å²) in [7, 11) is -4.06. The fourth-order valence-electron chi connectivity index (χ4n) is 3.88. The van der Waals surface area contributed by atoms with Crippen LogP contribution in [0.5, 0.6) is 5.75 Å². The summed E-state index contributed by atoms with van der Waals surface area (Å²) in [6.07, 6.45) is 2.35. The topological polar surface area (TPSA) is 119 Å². The molecule has 0 radical (unpaired) electrons. The number of para-hydroxylation sites is 1. The summed E-state index contributed by atoms with van der Waals surface area (Å²) < 4.78 is 38.3. The zero-order valence-corrected chi connectivity index (χ0v) is 21.2. The number of carbonyl (C=O) groups excluding carboxylic acids is 2. The zero-order chi connectivity index (χ0) is 25.9. The Kier molecular flexibility index (Phi) is 7.16. The fraction of sp³-hybridized carbons (Fsp3) is 0.346. The van der Waals surface area contributed by atoms with E-state index >= 15 is 0 Å². The Bertz CT molecular complexity index is 1320. The van der Waals surface area contributed by atoms with E-state index < -0.39 is 15.9 Å². The lowest BCUT2D eigenvalue weighted by Gasteiger charge is -2.40. The molecule has 1 aromatic heterocycles. The van der Waals surface area contributed by atoms with E-state index in [1.807, 2.05) is 29.0 Å². The van der Waals surface area contributed by atoms with Gasteiger partial charge in [-0.3, -0.25) is 9.59 Å². The molecule has 3 aromatic rings. The highest BCUT2D eigenvalue weighted by Crippen LogP contribution is 2.32. The largest absolute Gasteiger partial charge is 0.486 e. The molecule has 9 nitrogen and oxygen atoms in total. The average molecular weight is 512 g/mol. The van der Waals surface area contributed by atoms with Crippen molar-refractivity contribution < 1.29 is 27.2 Å². The van der Waals surface area contributed by atoms with E-state index in [-0.39, 0.29) is 35.2 Å². The van der Waals surface area contributed by atoms with Crippen LogP contribution >= 0.6 is 0 Å². The molecule has 1 aliphatic rings. The molecule has 2 aromatic carbocycles. The van der Waals surface area contributed by atoms with Crippen LogP contribution in [0.15, 0.2) is 70.4 Å². The summed E-state index contributed by atoms with van der Waals surface area (Å²) >= 11 is 0. The van der Waals surface area contributed by atoms with Crippen LogP contribution in [0.2, 0.25) is 0 Å². The van der Waals surface area contributed by atoms with Gasteiger partial charge in [0.2, 0.25) is 11.8 Å². The molecule has 0 spiro atoms. The number of sulfonamides is 1. The lowest BCUT2D eigenvalue weighted by molar-refractivity contribution is -0.141. The maximum absolute atomic E-state index is 12.5. The van der Waals surface area contributed by atoms with Crippen molar-refractivity contribution in [2.24, 2.45) is 0 Å². The Morgan fingerprint density at radius 3 is 2.42 bits per heavy atom. The van der Waals surface area contributed by atoms with Gasteiger partial charge in [-0.2, -0.15) is 0 Å². The number of hydrogen-bond donors (Lipinski definition) is 1. The SMILES string of the molecule is CC(C)(C)c1ccccc1OC1CN(C(=O)CCC(=O)NS(=O)(=O)c2ccc(-c3cnco3)cc2)C1. The third kappa shape index (κ3) is 5.93. The molecule has 0 unspecified atom stereocenters. The van der Waals surface area contributed by atoms with Gasteiger partial charge in [0.15, 0.2) is 12.2 Å². The highest BCUT2D eigenvalue weighted by atomic mass is 32.2. The molecule has 36 heavy (non-hydrogen) atoms. The molecule has 1 fully saturated rings. The van der Waals surface area contributed by atoms with Crippen molar-refractivity contribution in [1.82, 2.24) is 14.6 Å². The normalized spacial score (nSPS) is 14.2. The van der Waals surface area contributed by atoms with Crippen molar-refractivity contribution in [3.8, 4) is 17.1 Å². The Morgan fingerprint density at radius 2 is 1.78 bits per heavy atom. The average Bonchev–Trinajstić information content (AvgIpc) is 3.34. The van der Waals surface area contributed by atoms with E-state index in [1.165, 1.54) is 24.7 Å². The van der Waals surface area contributed by atoms with E-state index in [0.29, 0.717) is 24.4 Å². The predicted octanol–water partition coefficient (Wildman–Crippen LogP) is 3.51. The number of likely N-dealkylation sites (tertiary alicyclic amines) is 1. The van der Waals surface area contributed by atoms with Crippen LogP contribution in [-0.4, -0.2) is 49.3 Å². The monoisotopic (exact) mass is 511 g/mol. The van der Waals surface area contributed by atoms with Crippen LogP contribution < -0.4 is 9.46 Å². The van der Waals surface area contributed by atoms with E-state index in [1.54, 1.807) is 17.0 Å². The van der Waals surface area contributed by atoms with Gasteiger partial charge in [0.1, 0.15) is 11.9 Å². The molecule has 1 aliphatic heterocycles. The van der Waals surface area contributed by atoms with Crippen molar-refractivity contribution in [3.05, 3.63) is 66.7 Å². The molecule has 2 heterocycles. The first-order valence-electron chi connectivity index (χ1n) is 11.6. The van der Waals surface area contributed by atoms with Crippen LogP contribution in [0.25, 0.3) is 11.3 Å². The first-order valence-corrected chi connectivity index (χ1v) is 13.1. The van der Waals surface area contributed by atoms with E-state index in [9.17, 15) is 18.0 Å². The first kappa shape index (κ1) is 25.4. The van der Waals surface area contributed by atoms with Crippen LogP contribution in [0.4, 0.5) is 0 Å². The number of hydrogen-bond acceptors (Lipinski definition) is 7. The summed E-state index contributed by atoms with van der Waals surface area (Å²) in [6.45, 7) is 7.20. The van der Waals surface area contributed by atoms with Gasteiger partial charge < -0.3 is 14.1 Å². The molecule has 2 amide bonds. The third-order valence-electron chi connectivity index (χ3n) is 5.89. The highest BCUT2D eigenvalue weighted by Gasteiger charge is 2.33. The van der Waals surface area contributed by atoms with Gasteiger partial charge in [-0.05, 0) is 41.3 Å². The second kappa shape index (κ2) is 10.1. The number of amides is 2. The molecular formula is C26H29N3O6S.